The predicted molar refractivity (Wildman–Crippen MR) is 82.2 cm³/mol. The Labute approximate surface area is 135 Å². The summed E-state index contributed by atoms with van der Waals surface area (Å²) in [6.45, 7) is 1.51. The van der Waals surface area contributed by atoms with Gasteiger partial charge in [-0.05, 0) is 51.3 Å². The summed E-state index contributed by atoms with van der Waals surface area (Å²) in [7, 11) is 0. The maximum absolute atomic E-state index is 13.1. The van der Waals surface area contributed by atoms with Crippen LogP contribution in [0.2, 0.25) is 5.02 Å². The van der Waals surface area contributed by atoms with Crippen LogP contribution in [0.5, 0.6) is 11.5 Å². The number of ether oxygens (including phenoxy) is 2. The average molecular weight is 373 g/mol. The van der Waals surface area contributed by atoms with Gasteiger partial charge >= 0.3 is 0 Å². The number of hydrogen-bond donors (Lipinski definition) is 1. The van der Waals surface area contributed by atoms with Crippen molar-refractivity contribution in [2.45, 2.75) is 13.1 Å². The molecule has 0 bridgehead atoms. The summed E-state index contributed by atoms with van der Waals surface area (Å²) in [4.78, 5) is 0. The topological polar surface area (TPSA) is 30.5 Å². The number of benzene rings is 2. The number of halogens is 3. The van der Waals surface area contributed by atoms with Crippen LogP contribution in [0.4, 0.5) is 4.39 Å². The summed E-state index contributed by atoms with van der Waals surface area (Å²) in [6.07, 6.45) is 0. The van der Waals surface area contributed by atoms with E-state index < -0.39 is 5.82 Å². The lowest BCUT2D eigenvalue weighted by Crippen LogP contribution is -2.12. The summed E-state index contributed by atoms with van der Waals surface area (Å²) in [5, 5.41) is 3.42. The van der Waals surface area contributed by atoms with Crippen LogP contribution in [0.25, 0.3) is 0 Å². The lowest BCUT2D eigenvalue weighted by atomic mass is 10.2. The highest BCUT2D eigenvalue weighted by Gasteiger charge is 2.17. The van der Waals surface area contributed by atoms with Gasteiger partial charge in [0.2, 0.25) is 6.79 Å². The summed E-state index contributed by atoms with van der Waals surface area (Å²) in [5.74, 6) is 1.08. The minimum absolute atomic E-state index is 0.139. The van der Waals surface area contributed by atoms with Gasteiger partial charge in [-0.1, -0.05) is 17.7 Å². The zero-order valence-corrected chi connectivity index (χ0v) is 13.3. The first-order chi connectivity index (χ1) is 10.1. The van der Waals surface area contributed by atoms with Crippen molar-refractivity contribution in [1.29, 1.82) is 0 Å². The third kappa shape index (κ3) is 3.31. The molecular formula is C15H12BrClFNO2. The van der Waals surface area contributed by atoms with Crippen LogP contribution in [-0.2, 0) is 13.1 Å². The molecule has 3 rings (SSSR count). The minimum atomic E-state index is -0.403. The van der Waals surface area contributed by atoms with E-state index in [0.717, 1.165) is 27.1 Å². The van der Waals surface area contributed by atoms with Crippen LogP contribution in [0.15, 0.2) is 34.8 Å². The first-order valence-corrected chi connectivity index (χ1v) is 7.53. The molecule has 0 atom stereocenters. The van der Waals surface area contributed by atoms with Gasteiger partial charge in [-0.25, -0.2) is 4.39 Å². The number of fused-ring (bicyclic) bond motifs is 1. The maximum atomic E-state index is 13.1. The van der Waals surface area contributed by atoms with Crippen molar-refractivity contribution >= 4 is 27.5 Å². The molecule has 0 aliphatic carbocycles. The summed E-state index contributed by atoms with van der Waals surface area (Å²) in [5.41, 5.74) is 2.00. The van der Waals surface area contributed by atoms with Crippen LogP contribution in [0.1, 0.15) is 11.1 Å². The fraction of sp³-hybridized carbons (Fsp3) is 0.200. The Morgan fingerprint density at radius 3 is 2.76 bits per heavy atom. The molecule has 21 heavy (non-hydrogen) atoms. The van der Waals surface area contributed by atoms with Crippen molar-refractivity contribution in [2.24, 2.45) is 0 Å². The number of rotatable bonds is 4. The Hall–Kier alpha value is -1.30. The molecule has 0 amide bonds. The number of nitrogens with one attached hydrogen (secondary N) is 1. The van der Waals surface area contributed by atoms with E-state index in [1.807, 2.05) is 12.1 Å². The molecule has 0 spiro atoms. The maximum Gasteiger partial charge on any atom is 0.231 e. The van der Waals surface area contributed by atoms with Crippen LogP contribution in [-0.4, -0.2) is 6.79 Å². The molecule has 0 aromatic heterocycles. The van der Waals surface area contributed by atoms with Crippen molar-refractivity contribution < 1.29 is 13.9 Å². The summed E-state index contributed by atoms with van der Waals surface area (Å²) < 4.78 is 24.7. The molecule has 0 fully saturated rings. The molecule has 1 heterocycles. The molecule has 2 aromatic rings. The molecule has 0 radical (unpaired) electrons. The zero-order valence-electron chi connectivity index (χ0n) is 11.0. The molecule has 0 saturated heterocycles. The monoisotopic (exact) mass is 371 g/mol. The second-order valence-corrected chi connectivity index (χ2v) is 5.92. The smallest absolute Gasteiger partial charge is 0.231 e. The molecule has 110 valence electrons. The predicted octanol–water partition coefficient (Wildman–Crippen LogP) is 4.26. The highest BCUT2D eigenvalue weighted by Crippen LogP contribution is 2.39. The van der Waals surface area contributed by atoms with Crippen molar-refractivity contribution in [2.75, 3.05) is 6.79 Å². The fourth-order valence-corrected chi connectivity index (χ4v) is 2.93. The Balaban J connectivity index is 1.63. The molecular weight excluding hydrogens is 361 g/mol. The Morgan fingerprint density at radius 2 is 1.95 bits per heavy atom. The van der Waals surface area contributed by atoms with E-state index in [-0.39, 0.29) is 11.8 Å². The van der Waals surface area contributed by atoms with Crippen LogP contribution in [0.3, 0.4) is 0 Å². The van der Waals surface area contributed by atoms with Gasteiger partial charge in [0.05, 0.1) is 9.50 Å². The second-order valence-electron chi connectivity index (χ2n) is 4.66. The second kappa shape index (κ2) is 6.22. The van der Waals surface area contributed by atoms with E-state index in [9.17, 15) is 4.39 Å². The molecule has 1 N–H and O–H groups in total. The Bertz CT molecular complexity index is 681. The van der Waals surface area contributed by atoms with Crippen molar-refractivity contribution in [1.82, 2.24) is 5.32 Å². The molecule has 0 unspecified atom stereocenters. The van der Waals surface area contributed by atoms with E-state index >= 15 is 0 Å². The molecule has 6 heteroatoms. The van der Waals surface area contributed by atoms with E-state index in [4.69, 9.17) is 21.1 Å². The molecule has 1 aliphatic heterocycles. The zero-order chi connectivity index (χ0) is 14.8. The van der Waals surface area contributed by atoms with E-state index in [2.05, 4.69) is 21.2 Å². The largest absolute Gasteiger partial charge is 0.454 e. The average Bonchev–Trinajstić information content (AvgIpc) is 2.92. The van der Waals surface area contributed by atoms with E-state index in [1.54, 1.807) is 12.1 Å². The highest BCUT2D eigenvalue weighted by atomic mass is 79.9. The Kier molecular flexibility index (Phi) is 4.33. The Morgan fingerprint density at radius 1 is 1.14 bits per heavy atom. The van der Waals surface area contributed by atoms with Crippen LogP contribution >= 0.6 is 27.5 Å². The molecule has 3 nitrogen and oxygen atoms in total. The lowest BCUT2D eigenvalue weighted by Gasteiger charge is -2.08. The fourth-order valence-electron chi connectivity index (χ4n) is 2.12. The first-order valence-electron chi connectivity index (χ1n) is 6.36. The summed E-state index contributed by atoms with van der Waals surface area (Å²) in [6, 6.07) is 8.63. The molecule has 0 saturated carbocycles. The van der Waals surface area contributed by atoms with Gasteiger partial charge in [-0.3, -0.25) is 0 Å². The number of hydrogen-bond acceptors (Lipinski definition) is 3. The van der Waals surface area contributed by atoms with Crippen molar-refractivity contribution in [3.05, 3.63) is 56.8 Å². The summed E-state index contributed by atoms with van der Waals surface area (Å²) >= 11 is 9.22. The van der Waals surface area contributed by atoms with Crippen molar-refractivity contribution in [3.8, 4) is 11.5 Å². The quantitative estimate of drug-likeness (QED) is 0.870. The molecule has 2 aromatic carbocycles. The van der Waals surface area contributed by atoms with Crippen LogP contribution < -0.4 is 14.8 Å². The van der Waals surface area contributed by atoms with Crippen molar-refractivity contribution in [3.63, 3.8) is 0 Å². The molecule has 1 aliphatic rings. The minimum Gasteiger partial charge on any atom is -0.454 e. The standard InChI is InChI=1S/C15H12BrClFNO2/c16-11-3-10(5-14-15(11)21-8-20-14)7-19-6-9-1-2-13(18)12(17)4-9/h1-5,19H,6-8H2. The van der Waals surface area contributed by atoms with Gasteiger partial charge in [0.15, 0.2) is 11.5 Å². The SMILES string of the molecule is Fc1ccc(CNCc2cc(Br)c3c(c2)OCO3)cc1Cl. The van der Waals surface area contributed by atoms with E-state index in [0.29, 0.717) is 13.1 Å². The van der Waals surface area contributed by atoms with Gasteiger partial charge in [0.1, 0.15) is 5.82 Å². The highest BCUT2D eigenvalue weighted by molar-refractivity contribution is 9.10. The third-order valence-corrected chi connectivity index (χ3v) is 4.01. The van der Waals surface area contributed by atoms with Gasteiger partial charge in [-0.2, -0.15) is 0 Å². The third-order valence-electron chi connectivity index (χ3n) is 3.13. The van der Waals surface area contributed by atoms with Gasteiger partial charge in [0.25, 0.3) is 0 Å². The first kappa shape index (κ1) is 14.6. The van der Waals surface area contributed by atoms with Crippen LogP contribution in [0, 0.1) is 5.82 Å². The lowest BCUT2D eigenvalue weighted by molar-refractivity contribution is 0.173. The van der Waals surface area contributed by atoms with E-state index in [1.165, 1.54) is 6.07 Å². The van der Waals surface area contributed by atoms with Gasteiger partial charge < -0.3 is 14.8 Å². The normalized spacial score (nSPS) is 12.7. The van der Waals surface area contributed by atoms with Gasteiger partial charge in [-0.15, -0.1) is 0 Å². The van der Waals surface area contributed by atoms with Gasteiger partial charge in [0, 0.05) is 13.1 Å².